The Bertz CT molecular complexity index is 987. The van der Waals surface area contributed by atoms with Crippen molar-refractivity contribution in [1.82, 2.24) is 10.6 Å². The third kappa shape index (κ3) is 6.86. The molecule has 0 spiro atoms. The highest BCUT2D eigenvalue weighted by molar-refractivity contribution is 6.30. The Balaban J connectivity index is 1.41. The SMILES string of the molecule is COc1cc(Cl)ccc1C(=O)NCCNC(=O)c1ccc(O[C@H]2CC[C@@H](C(=O)O)CC2)cc1. The van der Waals surface area contributed by atoms with Crippen LogP contribution in [0.25, 0.3) is 0 Å². The Kier molecular flexibility index (Phi) is 8.54. The Morgan fingerprint density at radius 1 is 0.970 bits per heavy atom. The van der Waals surface area contributed by atoms with Crippen molar-refractivity contribution >= 4 is 29.4 Å². The van der Waals surface area contributed by atoms with Gasteiger partial charge in [0.2, 0.25) is 0 Å². The molecule has 3 N–H and O–H groups in total. The van der Waals surface area contributed by atoms with Crippen molar-refractivity contribution in [3.05, 3.63) is 58.6 Å². The fraction of sp³-hybridized carbons (Fsp3) is 0.375. The molecule has 176 valence electrons. The molecule has 0 bridgehead atoms. The number of rotatable bonds is 9. The van der Waals surface area contributed by atoms with E-state index in [0.29, 0.717) is 53.3 Å². The van der Waals surface area contributed by atoms with E-state index >= 15 is 0 Å². The molecule has 0 saturated heterocycles. The standard InChI is InChI=1S/C24H27ClN2O6/c1-32-21-14-17(25)6-11-20(21)23(29)27-13-12-26-22(28)15-2-7-18(8-3-15)33-19-9-4-16(5-10-19)24(30)31/h2-3,6-8,11,14,16,19H,4-5,9-10,12-13H2,1H3,(H,26,28)(H,27,29)(H,30,31)/t16-,19+. The van der Waals surface area contributed by atoms with Crippen molar-refractivity contribution in [2.45, 2.75) is 31.8 Å². The Morgan fingerprint density at radius 2 is 1.61 bits per heavy atom. The van der Waals surface area contributed by atoms with Crippen LogP contribution in [0.2, 0.25) is 5.02 Å². The van der Waals surface area contributed by atoms with Crippen molar-refractivity contribution in [2.24, 2.45) is 5.92 Å². The molecule has 1 fully saturated rings. The van der Waals surface area contributed by atoms with E-state index in [2.05, 4.69) is 10.6 Å². The molecule has 0 atom stereocenters. The lowest BCUT2D eigenvalue weighted by molar-refractivity contribution is -0.143. The maximum absolute atomic E-state index is 12.3. The van der Waals surface area contributed by atoms with Crippen LogP contribution in [0, 0.1) is 5.92 Å². The van der Waals surface area contributed by atoms with Crippen molar-refractivity contribution in [3.8, 4) is 11.5 Å². The maximum Gasteiger partial charge on any atom is 0.306 e. The van der Waals surface area contributed by atoms with E-state index in [1.807, 2.05) is 0 Å². The number of nitrogens with one attached hydrogen (secondary N) is 2. The van der Waals surface area contributed by atoms with Gasteiger partial charge in [-0.2, -0.15) is 0 Å². The monoisotopic (exact) mass is 474 g/mol. The first kappa shape index (κ1) is 24.4. The summed E-state index contributed by atoms with van der Waals surface area (Å²) in [7, 11) is 1.46. The minimum atomic E-state index is -0.743. The van der Waals surface area contributed by atoms with Crippen LogP contribution in [0.15, 0.2) is 42.5 Å². The molecule has 0 aromatic heterocycles. The number of carbonyl (C=O) groups excluding carboxylic acids is 2. The molecule has 1 aliphatic rings. The summed E-state index contributed by atoms with van der Waals surface area (Å²) >= 11 is 5.91. The van der Waals surface area contributed by atoms with Crippen LogP contribution in [0.3, 0.4) is 0 Å². The molecule has 2 amide bonds. The number of amides is 2. The summed E-state index contributed by atoms with van der Waals surface area (Å²) in [6.45, 7) is 0.502. The van der Waals surface area contributed by atoms with Crippen LogP contribution in [-0.2, 0) is 4.79 Å². The summed E-state index contributed by atoms with van der Waals surface area (Å²) in [5.41, 5.74) is 0.836. The summed E-state index contributed by atoms with van der Waals surface area (Å²) < 4.78 is 11.1. The first-order valence-electron chi connectivity index (χ1n) is 10.8. The summed E-state index contributed by atoms with van der Waals surface area (Å²) in [4.78, 5) is 35.7. The van der Waals surface area contributed by atoms with Gasteiger partial charge in [-0.1, -0.05) is 11.6 Å². The van der Waals surface area contributed by atoms with E-state index < -0.39 is 5.97 Å². The predicted octanol–water partition coefficient (Wildman–Crippen LogP) is 3.53. The number of ether oxygens (including phenoxy) is 2. The van der Waals surface area contributed by atoms with Gasteiger partial charge >= 0.3 is 5.97 Å². The normalized spacial score (nSPS) is 17.6. The van der Waals surface area contributed by atoms with Crippen LogP contribution in [0.5, 0.6) is 11.5 Å². The minimum Gasteiger partial charge on any atom is -0.496 e. The molecule has 33 heavy (non-hydrogen) atoms. The van der Waals surface area contributed by atoms with E-state index in [4.69, 9.17) is 26.2 Å². The number of carboxylic acid groups (broad SMARTS) is 1. The largest absolute Gasteiger partial charge is 0.496 e. The second-order valence-corrected chi connectivity index (χ2v) is 8.25. The zero-order chi connectivity index (χ0) is 23.8. The van der Waals surface area contributed by atoms with Gasteiger partial charge in [-0.05, 0) is 68.1 Å². The van der Waals surface area contributed by atoms with E-state index in [1.54, 1.807) is 42.5 Å². The molecule has 9 heteroatoms. The Labute approximate surface area is 197 Å². The number of benzene rings is 2. The van der Waals surface area contributed by atoms with Crippen molar-refractivity contribution in [2.75, 3.05) is 20.2 Å². The Hall–Kier alpha value is -3.26. The van der Waals surface area contributed by atoms with Gasteiger partial charge < -0.3 is 25.2 Å². The van der Waals surface area contributed by atoms with E-state index in [-0.39, 0.29) is 36.9 Å². The van der Waals surface area contributed by atoms with Gasteiger partial charge in [0, 0.05) is 23.7 Å². The van der Waals surface area contributed by atoms with Gasteiger partial charge in [0.05, 0.1) is 24.7 Å². The lowest BCUT2D eigenvalue weighted by Gasteiger charge is -2.26. The van der Waals surface area contributed by atoms with Crippen LogP contribution in [-0.4, -0.2) is 49.2 Å². The second-order valence-electron chi connectivity index (χ2n) is 7.81. The van der Waals surface area contributed by atoms with Gasteiger partial charge in [0.15, 0.2) is 0 Å². The number of hydrogen-bond acceptors (Lipinski definition) is 5. The van der Waals surface area contributed by atoms with E-state index in [1.165, 1.54) is 7.11 Å². The molecule has 0 heterocycles. The number of carboxylic acids is 1. The van der Waals surface area contributed by atoms with Crippen LogP contribution in [0.4, 0.5) is 0 Å². The molecule has 1 saturated carbocycles. The molecule has 2 aromatic carbocycles. The average Bonchev–Trinajstić information content (AvgIpc) is 2.82. The Morgan fingerprint density at radius 3 is 2.21 bits per heavy atom. The summed E-state index contributed by atoms with van der Waals surface area (Å²) in [5, 5.41) is 15.0. The smallest absolute Gasteiger partial charge is 0.306 e. The quantitative estimate of drug-likeness (QED) is 0.479. The van der Waals surface area contributed by atoms with Gasteiger partial charge in [-0.3, -0.25) is 14.4 Å². The lowest BCUT2D eigenvalue weighted by atomic mass is 9.87. The molecule has 1 aliphatic carbocycles. The molecule has 0 aliphatic heterocycles. The van der Waals surface area contributed by atoms with Gasteiger partial charge in [0.1, 0.15) is 11.5 Å². The zero-order valence-corrected chi connectivity index (χ0v) is 19.1. The molecule has 0 unspecified atom stereocenters. The number of methoxy groups -OCH3 is 1. The maximum atomic E-state index is 12.3. The number of aliphatic carboxylic acids is 1. The minimum absolute atomic E-state index is 0.0110. The topological polar surface area (TPSA) is 114 Å². The highest BCUT2D eigenvalue weighted by Gasteiger charge is 2.26. The number of carbonyl (C=O) groups is 3. The van der Waals surface area contributed by atoms with Gasteiger partial charge in [-0.25, -0.2) is 0 Å². The van der Waals surface area contributed by atoms with Crippen LogP contribution in [0.1, 0.15) is 46.4 Å². The lowest BCUT2D eigenvalue weighted by Crippen LogP contribution is -2.34. The first-order valence-corrected chi connectivity index (χ1v) is 11.1. The molecular formula is C24H27ClN2O6. The first-order chi connectivity index (χ1) is 15.9. The molecule has 2 aromatic rings. The highest BCUT2D eigenvalue weighted by atomic mass is 35.5. The summed E-state index contributed by atoms with van der Waals surface area (Å²) in [6.07, 6.45) is 2.62. The van der Waals surface area contributed by atoms with Crippen molar-refractivity contribution in [3.63, 3.8) is 0 Å². The molecule has 8 nitrogen and oxygen atoms in total. The van der Waals surface area contributed by atoms with Gasteiger partial charge in [0.25, 0.3) is 11.8 Å². The van der Waals surface area contributed by atoms with Crippen molar-refractivity contribution < 1.29 is 29.0 Å². The van der Waals surface area contributed by atoms with Gasteiger partial charge in [-0.15, -0.1) is 0 Å². The third-order valence-corrected chi connectivity index (χ3v) is 5.78. The molecular weight excluding hydrogens is 448 g/mol. The fourth-order valence-electron chi connectivity index (χ4n) is 3.71. The van der Waals surface area contributed by atoms with Crippen molar-refractivity contribution in [1.29, 1.82) is 0 Å². The molecule has 3 rings (SSSR count). The molecule has 0 radical (unpaired) electrons. The summed E-state index contributed by atoms with van der Waals surface area (Å²) in [6, 6.07) is 11.5. The zero-order valence-electron chi connectivity index (χ0n) is 18.3. The third-order valence-electron chi connectivity index (χ3n) is 5.55. The van der Waals surface area contributed by atoms with Crippen LogP contribution < -0.4 is 20.1 Å². The van der Waals surface area contributed by atoms with E-state index in [9.17, 15) is 14.4 Å². The van der Waals surface area contributed by atoms with E-state index in [0.717, 1.165) is 0 Å². The second kappa shape index (κ2) is 11.6. The summed E-state index contributed by atoms with van der Waals surface area (Å²) in [5.74, 6) is -0.587. The average molecular weight is 475 g/mol. The van der Waals surface area contributed by atoms with Crippen LogP contribution >= 0.6 is 11.6 Å². The predicted molar refractivity (Wildman–Crippen MR) is 123 cm³/mol. The number of hydrogen-bond donors (Lipinski definition) is 3. The fourth-order valence-corrected chi connectivity index (χ4v) is 3.87. The highest BCUT2D eigenvalue weighted by Crippen LogP contribution is 2.28. The number of halogens is 1.